The maximum Gasteiger partial charge on any atom is 2.00 e. The molecule has 0 aliphatic carbocycles. The molecule has 2 saturated heterocycles. The Hall–Kier alpha value is -4.30. The van der Waals surface area contributed by atoms with Crippen molar-refractivity contribution >= 4 is 45.1 Å². The van der Waals surface area contributed by atoms with E-state index in [1.165, 1.54) is 12.4 Å². The van der Waals surface area contributed by atoms with Gasteiger partial charge in [0, 0.05) is 88.6 Å². The number of halogens is 2. The minimum absolute atomic E-state index is 0. The monoisotopic (exact) mass is 691 g/mol. The zero-order valence-corrected chi connectivity index (χ0v) is 27.1. The number of carbonyl (C=O) groups is 2. The third-order valence-electron chi connectivity index (χ3n) is 8.33. The molecule has 0 atom stereocenters. The van der Waals surface area contributed by atoms with E-state index in [2.05, 4.69) is 10.6 Å². The third kappa shape index (κ3) is 7.18. The number of piperazine rings is 2. The van der Waals surface area contributed by atoms with Gasteiger partial charge < -0.3 is 49.4 Å². The van der Waals surface area contributed by atoms with E-state index in [4.69, 9.17) is 0 Å². The molecule has 2 aromatic heterocycles. The molecule has 0 amide bonds. The average Bonchev–Trinajstić information content (AvgIpc) is 3.06. The number of aryl methyl sites for hydroxylation is 2. The normalized spacial score (nSPS) is 14.8. The van der Waals surface area contributed by atoms with E-state index in [1.54, 1.807) is 21.3 Å². The number of aromatic nitrogens is 2. The number of fused-ring (bicyclic) bond motifs is 2. The van der Waals surface area contributed by atoms with Crippen LogP contribution in [0.4, 0.5) is 20.2 Å². The van der Waals surface area contributed by atoms with Crippen LogP contribution in [0, 0.1) is 11.6 Å². The number of nitrogens with zero attached hydrogens (tertiary/aromatic N) is 4. The molecule has 1 radical (unpaired) electrons. The molecule has 0 unspecified atom stereocenters. The van der Waals surface area contributed by atoms with Crippen molar-refractivity contribution in [3.63, 3.8) is 0 Å². The molecule has 4 aromatic rings. The van der Waals surface area contributed by atoms with Gasteiger partial charge in [-0.15, -0.1) is 0 Å². The molecule has 0 bridgehead atoms. The van der Waals surface area contributed by atoms with Crippen LogP contribution in [0.2, 0.25) is 0 Å². The molecule has 47 heavy (non-hydrogen) atoms. The second kappa shape index (κ2) is 15.1. The van der Waals surface area contributed by atoms with Crippen LogP contribution in [0.25, 0.3) is 21.8 Å². The summed E-state index contributed by atoms with van der Waals surface area (Å²) in [6.07, 6.45) is 2.53. The SMILES string of the molecule is CCn1cc(C(=O)[O-])c(=O)c2cc(F)c(N3CCNCC3)cc21.CCn1cc(C(=O)[O-])c(=O)c2cc(F)c(N3CCNCC3)cc21.[Mn+2]. The van der Waals surface area contributed by atoms with Crippen LogP contribution in [0.15, 0.2) is 46.2 Å². The molecular formula is C32H34F2MnN6O6. The number of nitrogens with one attached hydrogen (secondary N) is 2. The van der Waals surface area contributed by atoms with Gasteiger partial charge in [0.1, 0.15) is 11.6 Å². The van der Waals surface area contributed by atoms with Gasteiger partial charge in [0.05, 0.1) is 45.5 Å². The summed E-state index contributed by atoms with van der Waals surface area (Å²) >= 11 is 0. The Bertz CT molecular complexity index is 1800. The predicted octanol–water partition coefficient (Wildman–Crippen LogP) is -0.135. The number of hydrogen-bond acceptors (Lipinski definition) is 10. The molecule has 2 aliphatic rings. The Balaban J connectivity index is 0.000000208. The topological polar surface area (TPSA) is 155 Å². The molecular weight excluding hydrogens is 657 g/mol. The fourth-order valence-electron chi connectivity index (χ4n) is 5.91. The minimum Gasteiger partial charge on any atom is -0.545 e. The molecule has 2 aromatic carbocycles. The second-order valence-corrected chi connectivity index (χ2v) is 11.0. The Morgan fingerprint density at radius 1 is 0.681 bits per heavy atom. The Morgan fingerprint density at radius 3 is 1.32 bits per heavy atom. The molecule has 6 rings (SSSR count). The van der Waals surface area contributed by atoms with Gasteiger partial charge in [-0.25, -0.2) is 8.78 Å². The molecule has 2 aliphatic heterocycles. The predicted molar refractivity (Wildman–Crippen MR) is 167 cm³/mol. The van der Waals surface area contributed by atoms with Crippen molar-refractivity contribution < 1.29 is 45.7 Å². The van der Waals surface area contributed by atoms with E-state index in [-0.39, 0.29) is 27.8 Å². The number of rotatable bonds is 6. The van der Waals surface area contributed by atoms with Gasteiger partial charge in [-0.2, -0.15) is 0 Å². The average molecular weight is 692 g/mol. The van der Waals surface area contributed by atoms with Gasteiger partial charge in [0.15, 0.2) is 10.9 Å². The van der Waals surface area contributed by atoms with Crippen LogP contribution < -0.4 is 41.5 Å². The minimum atomic E-state index is -1.55. The second-order valence-electron chi connectivity index (χ2n) is 11.0. The van der Waals surface area contributed by atoms with E-state index >= 15 is 0 Å². The fourth-order valence-corrected chi connectivity index (χ4v) is 5.91. The number of carbonyl (C=O) groups excluding carboxylic acids is 2. The third-order valence-corrected chi connectivity index (χ3v) is 8.33. The number of carboxylic acid groups (broad SMARTS) is 2. The summed E-state index contributed by atoms with van der Waals surface area (Å²) in [4.78, 5) is 50.5. The molecule has 4 heterocycles. The van der Waals surface area contributed by atoms with Crippen LogP contribution >= 0.6 is 0 Å². The van der Waals surface area contributed by atoms with Crippen molar-refractivity contribution in [2.75, 3.05) is 62.2 Å². The van der Waals surface area contributed by atoms with E-state index in [9.17, 15) is 38.2 Å². The maximum atomic E-state index is 14.5. The number of benzene rings is 2. The Labute approximate surface area is 279 Å². The molecule has 2 fully saturated rings. The summed E-state index contributed by atoms with van der Waals surface area (Å²) in [6, 6.07) is 5.52. The van der Waals surface area contributed by atoms with Gasteiger partial charge in [-0.05, 0) is 38.1 Å². The number of hydrogen-bond donors (Lipinski definition) is 2. The van der Waals surface area contributed by atoms with Crippen LogP contribution in [0.3, 0.4) is 0 Å². The first-order chi connectivity index (χ1) is 22.0. The molecule has 2 N–H and O–H groups in total. The smallest absolute Gasteiger partial charge is 0.545 e. The van der Waals surface area contributed by atoms with Crippen molar-refractivity contribution in [2.24, 2.45) is 0 Å². The van der Waals surface area contributed by atoms with Gasteiger partial charge >= 0.3 is 17.1 Å². The Kier molecular flexibility index (Phi) is 11.4. The Morgan fingerprint density at radius 2 is 1.02 bits per heavy atom. The molecule has 0 saturated carbocycles. The van der Waals surface area contributed by atoms with Crippen molar-refractivity contribution in [3.05, 3.63) is 79.9 Å². The van der Waals surface area contributed by atoms with Gasteiger partial charge in [-0.3, -0.25) is 9.59 Å². The van der Waals surface area contributed by atoms with Gasteiger partial charge in [-0.1, -0.05) is 0 Å². The van der Waals surface area contributed by atoms with Crippen molar-refractivity contribution in [1.29, 1.82) is 0 Å². The maximum absolute atomic E-state index is 14.5. The number of carboxylic acids is 2. The summed E-state index contributed by atoms with van der Waals surface area (Å²) < 4.78 is 32.2. The number of pyridine rings is 2. The summed E-state index contributed by atoms with van der Waals surface area (Å²) in [5.41, 5.74) is -0.410. The van der Waals surface area contributed by atoms with Crippen molar-refractivity contribution in [2.45, 2.75) is 26.9 Å². The fraction of sp³-hybridized carbons (Fsp3) is 0.375. The molecule has 249 valence electrons. The van der Waals surface area contributed by atoms with Crippen molar-refractivity contribution in [1.82, 2.24) is 19.8 Å². The molecule has 15 heteroatoms. The summed E-state index contributed by atoms with van der Waals surface area (Å²) in [6.45, 7) is 10.4. The first-order valence-electron chi connectivity index (χ1n) is 15.1. The summed E-state index contributed by atoms with van der Waals surface area (Å²) in [5.74, 6) is -4.14. The number of aromatic carboxylic acids is 2. The molecule has 12 nitrogen and oxygen atoms in total. The van der Waals surface area contributed by atoms with E-state index in [1.807, 2.05) is 23.6 Å². The van der Waals surface area contributed by atoms with Crippen LogP contribution in [-0.4, -0.2) is 73.4 Å². The summed E-state index contributed by atoms with van der Waals surface area (Å²) in [5, 5.41) is 28.7. The first kappa shape index (κ1) is 35.6. The van der Waals surface area contributed by atoms with Crippen LogP contribution in [-0.2, 0) is 30.2 Å². The van der Waals surface area contributed by atoms with Crippen LogP contribution in [0.1, 0.15) is 34.6 Å². The standard InChI is InChI=1S/2C16H18FN3O3.Mn/c2*1-2-19-9-11(16(22)23)15(21)10-7-12(17)14(8-13(10)19)20-5-3-18-4-6-20;/h2*7-9,18H,2-6H2,1H3,(H,22,23);/q;;+2/p-2. The van der Waals surface area contributed by atoms with E-state index in [0.29, 0.717) is 61.7 Å². The van der Waals surface area contributed by atoms with Crippen LogP contribution in [0.5, 0.6) is 0 Å². The summed E-state index contributed by atoms with van der Waals surface area (Å²) in [7, 11) is 0. The van der Waals surface area contributed by atoms with E-state index in [0.717, 1.165) is 38.3 Å². The zero-order valence-electron chi connectivity index (χ0n) is 25.9. The van der Waals surface area contributed by atoms with Crippen molar-refractivity contribution in [3.8, 4) is 0 Å². The number of anilines is 2. The first-order valence-corrected chi connectivity index (χ1v) is 15.1. The largest absolute Gasteiger partial charge is 2.00 e. The van der Waals surface area contributed by atoms with Gasteiger partial charge in [0.2, 0.25) is 0 Å². The molecule has 0 spiro atoms. The van der Waals surface area contributed by atoms with E-state index < -0.39 is 45.6 Å². The quantitative estimate of drug-likeness (QED) is 0.262. The van der Waals surface area contributed by atoms with Gasteiger partial charge in [0.25, 0.3) is 0 Å². The zero-order chi connectivity index (χ0) is 33.1.